The minimum Gasteiger partial charge on any atom is -0.469 e. The minimum atomic E-state index is -0.349. The summed E-state index contributed by atoms with van der Waals surface area (Å²) in [6, 6.07) is 0. The van der Waals surface area contributed by atoms with Crippen molar-refractivity contribution in [2.45, 2.75) is 58.3 Å². The molecule has 4 heteroatoms. The van der Waals surface area contributed by atoms with Crippen LogP contribution in [0.3, 0.4) is 0 Å². The Kier molecular flexibility index (Phi) is 3.34. The fraction of sp³-hybridized carbons (Fsp3) is 0.882. The summed E-state index contributed by atoms with van der Waals surface area (Å²) in [7, 11) is 2.95. The summed E-state index contributed by atoms with van der Waals surface area (Å²) in [5.74, 6) is 0.367. The monoisotopic (exact) mass is 294 g/mol. The molecule has 4 fully saturated rings. The average molecular weight is 294 g/mol. The Morgan fingerprint density at radius 1 is 1.00 bits per heavy atom. The lowest BCUT2D eigenvalue weighted by Gasteiger charge is -2.65. The molecule has 118 valence electrons. The summed E-state index contributed by atoms with van der Waals surface area (Å²) in [6.07, 6.45) is 7.60. The lowest BCUT2D eigenvalue weighted by atomic mass is 9.38. The van der Waals surface area contributed by atoms with E-state index >= 15 is 0 Å². The van der Waals surface area contributed by atoms with Crippen molar-refractivity contribution in [3.63, 3.8) is 0 Å². The maximum atomic E-state index is 12.5. The van der Waals surface area contributed by atoms with Crippen molar-refractivity contribution in [2.75, 3.05) is 14.2 Å². The molecule has 4 rings (SSSR count). The highest BCUT2D eigenvalue weighted by molar-refractivity contribution is 5.78. The molecule has 4 aliphatic carbocycles. The van der Waals surface area contributed by atoms with Crippen LogP contribution in [0.5, 0.6) is 0 Å². The molecule has 4 aliphatic rings. The first-order chi connectivity index (χ1) is 9.90. The highest BCUT2D eigenvalue weighted by Crippen LogP contribution is 2.71. The van der Waals surface area contributed by atoms with Crippen LogP contribution >= 0.6 is 0 Å². The zero-order valence-electron chi connectivity index (χ0n) is 13.4. The van der Waals surface area contributed by atoms with E-state index in [1.807, 2.05) is 0 Å². The fourth-order valence-corrected chi connectivity index (χ4v) is 6.26. The average Bonchev–Trinajstić information content (AvgIpc) is 2.44. The molecule has 4 saturated carbocycles. The molecular weight excluding hydrogens is 268 g/mol. The first-order valence-corrected chi connectivity index (χ1v) is 8.06. The van der Waals surface area contributed by atoms with E-state index in [9.17, 15) is 9.59 Å². The van der Waals surface area contributed by atoms with Gasteiger partial charge in [-0.25, -0.2) is 0 Å². The van der Waals surface area contributed by atoms with E-state index in [1.54, 1.807) is 0 Å². The smallest absolute Gasteiger partial charge is 0.311 e. The maximum Gasteiger partial charge on any atom is 0.311 e. The topological polar surface area (TPSA) is 52.6 Å². The molecule has 4 bridgehead atoms. The van der Waals surface area contributed by atoms with Crippen molar-refractivity contribution in [3.05, 3.63) is 0 Å². The molecule has 21 heavy (non-hydrogen) atoms. The van der Waals surface area contributed by atoms with Crippen molar-refractivity contribution in [1.82, 2.24) is 0 Å². The van der Waals surface area contributed by atoms with E-state index in [4.69, 9.17) is 9.47 Å². The third-order valence-corrected chi connectivity index (χ3v) is 6.41. The molecule has 0 spiro atoms. The molecule has 0 saturated heterocycles. The molecule has 0 radical (unpaired) electrons. The Hall–Kier alpha value is -1.06. The summed E-state index contributed by atoms with van der Waals surface area (Å²) in [5.41, 5.74) is -0.170. The van der Waals surface area contributed by atoms with Gasteiger partial charge in [-0.3, -0.25) is 9.59 Å². The number of carbonyl (C=O) groups excluding carboxylic acids is 2. The Bertz CT molecular complexity index is 473. The molecule has 4 unspecified atom stereocenters. The summed E-state index contributed by atoms with van der Waals surface area (Å²) < 4.78 is 10.1. The second kappa shape index (κ2) is 4.72. The summed E-state index contributed by atoms with van der Waals surface area (Å²) in [4.78, 5) is 24.4. The predicted molar refractivity (Wildman–Crippen MR) is 77.4 cm³/mol. The normalized spacial score (nSPS) is 43.7. The van der Waals surface area contributed by atoms with Crippen molar-refractivity contribution >= 4 is 11.9 Å². The standard InChI is InChI=1S/C17H26O4/c1-4-15-5-12-6-16(9-15,8-13(18)20-2)11-17(7-12,10-15)14(19)21-3/h12H,4-11H2,1-3H3. The number of esters is 2. The fourth-order valence-electron chi connectivity index (χ4n) is 6.26. The summed E-state index contributed by atoms with van der Waals surface area (Å²) >= 11 is 0. The molecule has 0 heterocycles. The maximum absolute atomic E-state index is 12.5. The van der Waals surface area contributed by atoms with Gasteiger partial charge in [0.1, 0.15) is 0 Å². The second-order valence-corrected chi connectivity index (χ2v) is 7.89. The van der Waals surface area contributed by atoms with E-state index in [-0.39, 0.29) is 28.2 Å². The zero-order valence-corrected chi connectivity index (χ0v) is 13.4. The van der Waals surface area contributed by atoms with Crippen LogP contribution in [0.2, 0.25) is 0 Å². The SMILES string of the molecule is CCC12CC3CC(CC(=O)OC)(C1)CC(C(=O)OC)(C3)C2. The first kappa shape index (κ1) is 14.9. The molecule has 4 atom stereocenters. The Morgan fingerprint density at radius 2 is 1.67 bits per heavy atom. The van der Waals surface area contributed by atoms with Gasteiger partial charge in [0.25, 0.3) is 0 Å². The van der Waals surface area contributed by atoms with Gasteiger partial charge in [-0.15, -0.1) is 0 Å². The van der Waals surface area contributed by atoms with Gasteiger partial charge >= 0.3 is 11.9 Å². The lowest BCUT2D eigenvalue weighted by molar-refractivity contribution is -0.198. The van der Waals surface area contributed by atoms with Gasteiger partial charge in [0.2, 0.25) is 0 Å². The molecule has 4 nitrogen and oxygen atoms in total. The highest BCUT2D eigenvalue weighted by atomic mass is 16.5. The number of rotatable bonds is 4. The highest BCUT2D eigenvalue weighted by Gasteiger charge is 2.65. The van der Waals surface area contributed by atoms with Crippen LogP contribution < -0.4 is 0 Å². The van der Waals surface area contributed by atoms with Gasteiger partial charge in [-0.05, 0) is 55.3 Å². The van der Waals surface area contributed by atoms with Gasteiger partial charge in [0.05, 0.1) is 26.1 Å². The van der Waals surface area contributed by atoms with Crippen LogP contribution in [0.1, 0.15) is 58.3 Å². The first-order valence-electron chi connectivity index (χ1n) is 8.06. The number of methoxy groups -OCH3 is 2. The summed E-state index contributed by atoms with van der Waals surface area (Å²) in [6.45, 7) is 2.23. The van der Waals surface area contributed by atoms with E-state index in [0.29, 0.717) is 12.3 Å². The van der Waals surface area contributed by atoms with Gasteiger partial charge in [-0.2, -0.15) is 0 Å². The van der Waals surface area contributed by atoms with Crippen LogP contribution in [0.4, 0.5) is 0 Å². The quantitative estimate of drug-likeness (QED) is 0.748. The number of hydrogen-bond acceptors (Lipinski definition) is 4. The van der Waals surface area contributed by atoms with Crippen LogP contribution in [0, 0.1) is 22.2 Å². The number of carbonyl (C=O) groups is 2. The van der Waals surface area contributed by atoms with E-state index in [2.05, 4.69) is 6.92 Å². The molecule has 0 N–H and O–H groups in total. The van der Waals surface area contributed by atoms with Gasteiger partial charge < -0.3 is 9.47 Å². The number of hydrogen-bond donors (Lipinski definition) is 0. The molecule has 0 aliphatic heterocycles. The molecular formula is C17H26O4. The Balaban J connectivity index is 1.97. The van der Waals surface area contributed by atoms with Gasteiger partial charge in [-0.1, -0.05) is 13.3 Å². The molecule has 0 aromatic heterocycles. The Labute approximate surface area is 126 Å². The largest absolute Gasteiger partial charge is 0.469 e. The zero-order chi connectivity index (χ0) is 15.3. The van der Waals surface area contributed by atoms with Crippen molar-refractivity contribution in [1.29, 1.82) is 0 Å². The van der Waals surface area contributed by atoms with Gasteiger partial charge in [0.15, 0.2) is 0 Å². The second-order valence-electron chi connectivity index (χ2n) is 7.89. The third-order valence-electron chi connectivity index (χ3n) is 6.41. The minimum absolute atomic E-state index is 0.0449. The van der Waals surface area contributed by atoms with Crippen LogP contribution in [-0.2, 0) is 19.1 Å². The summed E-state index contributed by atoms with van der Waals surface area (Å²) in [5, 5.41) is 0. The van der Waals surface area contributed by atoms with Crippen molar-refractivity contribution in [2.24, 2.45) is 22.2 Å². The lowest BCUT2D eigenvalue weighted by Crippen LogP contribution is -2.59. The Morgan fingerprint density at radius 3 is 2.29 bits per heavy atom. The molecule has 0 aromatic rings. The van der Waals surface area contributed by atoms with Crippen LogP contribution in [-0.4, -0.2) is 26.2 Å². The van der Waals surface area contributed by atoms with E-state index in [0.717, 1.165) is 38.5 Å². The third kappa shape index (κ3) is 2.18. The van der Waals surface area contributed by atoms with E-state index < -0.39 is 0 Å². The van der Waals surface area contributed by atoms with E-state index in [1.165, 1.54) is 20.6 Å². The number of ether oxygens (including phenoxy) is 2. The van der Waals surface area contributed by atoms with Crippen LogP contribution in [0.25, 0.3) is 0 Å². The van der Waals surface area contributed by atoms with Crippen molar-refractivity contribution in [3.8, 4) is 0 Å². The molecule has 0 amide bonds. The van der Waals surface area contributed by atoms with Crippen LogP contribution in [0.15, 0.2) is 0 Å². The van der Waals surface area contributed by atoms with Crippen molar-refractivity contribution < 1.29 is 19.1 Å². The molecule has 0 aromatic carbocycles. The predicted octanol–water partition coefficient (Wildman–Crippen LogP) is 3.09. The van der Waals surface area contributed by atoms with Gasteiger partial charge in [0, 0.05) is 0 Å².